The topological polar surface area (TPSA) is 59.0 Å². The molecule has 0 aromatic heterocycles. The van der Waals surface area contributed by atoms with Crippen molar-refractivity contribution in [2.24, 2.45) is 0 Å². The summed E-state index contributed by atoms with van der Waals surface area (Å²) in [7, 11) is 0. The number of amides is 1. The van der Waals surface area contributed by atoms with Crippen molar-refractivity contribution in [2.75, 3.05) is 26.4 Å². The van der Waals surface area contributed by atoms with Crippen LogP contribution in [0.25, 0.3) is 0 Å². The number of aliphatic hydroxyl groups is 1. The van der Waals surface area contributed by atoms with Crippen molar-refractivity contribution >= 4 is 17.5 Å². The van der Waals surface area contributed by atoms with Gasteiger partial charge in [-0.1, -0.05) is 11.6 Å². The van der Waals surface area contributed by atoms with Crippen LogP contribution >= 0.6 is 11.6 Å². The number of nitrogens with zero attached hydrogens (tertiary/aromatic N) is 1. The van der Waals surface area contributed by atoms with Crippen LogP contribution in [0.3, 0.4) is 0 Å². The Labute approximate surface area is 123 Å². The van der Waals surface area contributed by atoms with Gasteiger partial charge in [0.05, 0.1) is 11.6 Å². The second-order valence-corrected chi connectivity index (χ2v) is 5.21. The van der Waals surface area contributed by atoms with Crippen molar-refractivity contribution in [1.29, 1.82) is 0 Å². The van der Waals surface area contributed by atoms with Crippen molar-refractivity contribution in [3.8, 4) is 11.5 Å². The highest BCUT2D eigenvalue weighted by molar-refractivity contribution is 6.32. The summed E-state index contributed by atoms with van der Waals surface area (Å²) in [4.78, 5) is 14.1. The molecule has 6 heteroatoms. The number of rotatable bonds is 4. The average Bonchev–Trinajstić information content (AvgIpc) is 2.43. The fraction of sp³-hybridized carbons (Fsp3) is 0.500. The monoisotopic (exact) mass is 299 g/mol. The van der Waals surface area contributed by atoms with Gasteiger partial charge in [-0.3, -0.25) is 4.79 Å². The van der Waals surface area contributed by atoms with Gasteiger partial charge in [0, 0.05) is 18.2 Å². The molecule has 0 saturated carbocycles. The molecule has 110 valence electrons. The molecule has 1 heterocycles. The molecule has 0 fully saturated rings. The first kappa shape index (κ1) is 14.9. The molecule has 2 rings (SSSR count). The second-order valence-electron chi connectivity index (χ2n) is 4.80. The molecule has 20 heavy (non-hydrogen) atoms. The minimum Gasteiger partial charge on any atom is -0.486 e. The van der Waals surface area contributed by atoms with Crippen LogP contribution in [0.1, 0.15) is 24.2 Å². The van der Waals surface area contributed by atoms with E-state index in [9.17, 15) is 4.79 Å². The summed E-state index contributed by atoms with van der Waals surface area (Å²) >= 11 is 6.13. The molecule has 1 aromatic carbocycles. The largest absolute Gasteiger partial charge is 0.486 e. The number of hydrogen-bond donors (Lipinski definition) is 1. The molecule has 1 aliphatic heterocycles. The zero-order valence-corrected chi connectivity index (χ0v) is 12.3. The van der Waals surface area contributed by atoms with E-state index in [1.54, 1.807) is 17.0 Å². The molecule has 0 radical (unpaired) electrons. The van der Waals surface area contributed by atoms with E-state index >= 15 is 0 Å². The minimum absolute atomic E-state index is 0.0124. The predicted molar refractivity (Wildman–Crippen MR) is 75.7 cm³/mol. The van der Waals surface area contributed by atoms with E-state index in [4.69, 9.17) is 26.2 Å². The van der Waals surface area contributed by atoms with E-state index in [2.05, 4.69) is 0 Å². The zero-order chi connectivity index (χ0) is 14.7. The van der Waals surface area contributed by atoms with Gasteiger partial charge in [-0.2, -0.15) is 0 Å². The van der Waals surface area contributed by atoms with Gasteiger partial charge in [0.2, 0.25) is 0 Å². The second kappa shape index (κ2) is 6.33. The van der Waals surface area contributed by atoms with Crippen molar-refractivity contribution in [3.05, 3.63) is 22.7 Å². The Morgan fingerprint density at radius 2 is 2.10 bits per heavy atom. The number of benzene rings is 1. The quantitative estimate of drug-likeness (QED) is 0.923. The standard InChI is InChI=1S/C14H18ClNO4/c1-9(2)16(3-4-17)14(18)10-7-11(15)13-12(8-10)19-5-6-20-13/h7-9,17H,3-6H2,1-2H3. The Morgan fingerprint density at radius 1 is 1.40 bits per heavy atom. The van der Waals surface area contributed by atoms with Gasteiger partial charge in [-0.05, 0) is 26.0 Å². The van der Waals surface area contributed by atoms with Crippen LogP contribution in [0.4, 0.5) is 0 Å². The Hall–Kier alpha value is -1.46. The third-order valence-electron chi connectivity index (χ3n) is 3.07. The van der Waals surface area contributed by atoms with Crippen molar-refractivity contribution in [2.45, 2.75) is 19.9 Å². The third-order valence-corrected chi connectivity index (χ3v) is 3.35. The summed E-state index contributed by atoms with van der Waals surface area (Å²) < 4.78 is 10.9. The van der Waals surface area contributed by atoms with E-state index in [1.165, 1.54) is 0 Å². The molecular formula is C14H18ClNO4. The highest BCUT2D eigenvalue weighted by Crippen LogP contribution is 2.38. The van der Waals surface area contributed by atoms with Crippen LogP contribution in [0, 0.1) is 0 Å². The van der Waals surface area contributed by atoms with E-state index in [-0.39, 0.29) is 25.1 Å². The fourth-order valence-electron chi connectivity index (χ4n) is 2.10. The Balaban J connectivity index is 2.32. The maximum Gasteiger partial charge on any atom is 0.254 e. The van der Waals surface area contributed by atoms with Crippen LogP contribution in [0.15, 0.2) is 12.1 Å². The van der Waals surface area contributed by atoms with E-state index in [0.29, 0.717) is 35.3 Å². The van der Waals surface area contributed by atoms with Crippen molar-refractivity contribution in [1.82, 2.24) is 4.90 Å². The summed E-state index contributed by atoms with van der Waals surface area (Å²) in [5.74, 6) is 0.778. The Kier molecular flexibility index (Phi) is 4.73. The van der Waals surface area contributed by atoms with Crippen LogP contribution in [-0.4, -0.2) is 48.3 Å². The number of aliphatic hydroxyl groups excluding tert-OH is 1. The first-order valence-corrected chi connectivity index (χ1v) is 6.93. The molecule has 1 aliphatic rings. The number of carbonyl (C=O) groups is 1. The summed E-state index contributed by atoms with van der Waals surface area (Å²) in [6.45, 7) is 4.87. The summed E-state index contributed by atoms with van der Waals surface area (Å²) in [5.41, 5.74) is 0.432. The van der Waals surface area contributed by atoms with Gasteiger partial charge in [-0.15, -0.1) is 0 Å². The van der Waals surface area contributed by atoms with Gasteiger partial charge in [-0.25, -0.2) is 0 Å². The van der Waals surface area contributed by atoms with Gasteiger partial charge < -0.3 is 19.5 Å². The zero-order valence-electron chi connectivity index (χ0n) is 11.6. The lowest BCUT2D eigenvalue weighted by atomic mass is 10.1. The molecule has 1 aromatic rings. The summed E-state index contributed by atoms with van der Waals surface area (Å²) in [6.07, 6.45) is 0. The van der Waals surface area contributed by atoms with Gasteiger partial charge in [0.1, 0.15) is 13.2 Å². The molecule has 0 saturated heterocycles. The Morgan fingerprint density at radius 3 is 2.75 bits per heavy atom. The lowest BCUT2D eigenvalue weighted by molar-refractivity contribution is 0.0664. The lowest BCUT2D eigenvalue weighted by Crippen LogP contribution is -2.39. The molecule has 1 amide bonds. The normalized spacial score (nSPS) is 13.4. The molecule has 0 aliphatic carbocycles. The number of ether oxygens (including phenoxy) is 2. The molecule has 0 atom stereocenters. The smallest absolute Gasteiger partial charge is 0.254 e. The molecular weight excluding hydrogens is 282 g/mol. The van der Waals surface area contributed by atoms with Crippen molar-refractivity contribution in [3.63, 3.8) is 0 Å². The Bertz CT molecular complexity index is 504. The highest BCUT2D eigenvalue weighted by Gasteiger charge is 2.23. The molecule has 1 N–H and O–H groups in total. The van der Waals surface area contributed by atoms with Crippen molar-refractivity contribution < 1.29 is 19.4 Å². The third kappa shape index (κ3) is 2.99. The van der Waals surface area contributed by atoms with Crippen LogP contribution in [0.2, 0.25) is 5.02 Å². The SMILES string of the molecule is CC(C)N(CCO)C(=O)c1cc(Cl)c2c(c1)OCCO2. The first-order valence-electron chi connectivity index (χ1n) is 6.55. The molecule has 5 nitrogen and oxygen atoms in total. The van der Waals surface area contributed by atoms with E-state index < -0.39 is 0 Å². The average molecular weight is 300 g/mol. The highest BCUT2D eigenvalue weighted by atomic mass is 35.5. The number of halogens is 1. The van der Waals surface area contributed by atoms with Gasteiger partial charge >= 0.3 is 0 Å². The number of carbonyl (C=O) groups excluding carboxylic acids is 1. The fourth-order valence-corrected chi connectivity index (χ4v) is 2.37. The molecule has 0 bridgehead atoms. The predicted octanol–water partition coefficient (Wildman–Crippen LogP) is 1.95. The van der Waals surface area contributed by atoms with Crippen LogP contribution < -0.4 is 9.47 Å². The van der Waals surface area contributed by atoms with Crippen LogP contribution in [-0.2, 0) is 0 Å². The number of hydrogen-bond acceptors (Lipinski definition) is 4. The number of fused-ring (bicyclic) bond motifs is 1. The van der Waals surface area contributed by atoms with Gasteiger partial charge in [0.15, 0.2) is 11.5 Å². The molecule has 0 spiro atoms. The van der Waals surface area contributed by atoms with E-state index in [1.807, 2.05) is 13.8 Å². The lowest BCUT2D eigenvalue weighted by Gasteiger charge is -2.27. The van der Waals surface area contributed by atoms with E-state index in [0.717, 1.165) is 0 Å². The summed E-state index contributed by atoms with van der Waals surface area (Å²) in [5, 5.41) is 9.42. The van der Waals surface area contributed by atoms with Gasteiger partial charge in [0.25, 0.3) is 5.91 Å². The minimum atomic E-state index is -0.187. The van der Waals surface area contributed by atoms with Crippen LogP contribution in [0.5, 0.6) is 11.5 Å². The molecule has 0 unspecified atom stereocenters. The maximum atomic E-state index is 12.5. The first-order chi connectivity index (χ1) is 9.54. The maximum absolute atomic E-state index is 12.5. The summed E-state index contributed by atoms with van der Waals surface area (Å²) in [6, 6.07) is 3.20.